The monoisotopic (exact) mass is 436 g/mol. The number of imidazole rings is 1. The highest BCUT2D eigenvalue weighted by Gasteiger charge is 2.43. The molecule has 1 amide bonds. The van der Waals surface area contributed by atoms with E-state index in [1.807, 2.05) is 11.6 Å². The Morgan fingerprint density at radius 2 is 1.91 bits per heavy atom. The normalized spacial score (nSPS) is 20.8. The van der Waals surface area contributed by atoms with Crippen molar-refractivity contribution in [2.75, 3.05) is 26.2 Å². The Hall–Kier alpha value is -2.14. The van der Waals surface area contributed by atoms with Crippen LogP contribution in [-0.2, 0) is 12.5 Å². The van der Waals surface area contributed by atoms with Gasteiger partial charge in [-0.3, -0.25) is 4.79 Å². The summed E-state index contributed by atoms with van der Waals surface area (Å²) in [6.07, 6.45) is 9.30. The number of benzene rings is 1. The van der Waals surface area contributed by atoms with E-state index in [2.05, 4.69) is 66.7 Å². The van der Waals surface area contributed by atoms with Crippen LogP contribution in [0.25, 0.3) is 0 Å². The van der Waals surface area contributed by atoms with Gasteiger partial charge in [0, 0.05) is 13.6 Å². The number of nitrogens with zero attached hydrogens (tertiary/aromatic N) is 4. The maximum atomic E-state index is 13.4. The largest absolute Gasteiger partial charge is 0.331 e. The molecule has 0 saturated carbocycles. The van der Waals surface area contributed by atoms with Crippen molar-refractivity contribution >= 4 is 5.91 Å². The Bertz CT molecular complexity index is 933. The van der Waals surface area contributed by atoms with Gasteiger partial charge >= 0.3 is 0 Å². The Morgan fingerprint density at radius 1 is 1.19 bits per heavy atom. The number of aromatic nitrogens is 2. The third-order valence-electron chi connectivity index (χ3n) is 7.79. The van der Waals surface area contributed by atoms with Gasteiger partial charge in [-0.25, -0.2) is 4.98 Å². The topological polar surface area (TPSA) is 41.4 Å². The molecule has 0 N–H and O–H groups in total. The SMILES string of the molecule is CCN(C(=O)c1cncn1C)[C@H]1CCC2(CCN(CCC(C)(C)C)CC2)c2ccccc21. The Balaban J connectivity index is 1.55. The fraction of sp³-hybridized carbons (Fsp3) is 0.630. The molecule has 4 rings (SSSR count). The van der Waals surface area contributed by atoms with Gasteiger partial charge in [0.25, 0.3) is 5.91 Å². The van der Waals surface area contributed by atoms with Crippen molar-refractivity contribution < 1.29 is 4.79 Å². The van der Waals surface area contributed by atoms with Crippen LogP contribution in [0.2, 0.25) is 0 Å². The highest BCUT2D eigenvalue weighted by molar-refractivity contribution is 5.92. The standard InChI is InChI=1S/C27H40N4O/c1-6-31(25(32)24-19-28-20-29(24)5)23-11-12-27(22-10-8-7-9-21(22)23)14-17-30(18-15-27)16-13-26(2,3)4/h7-10,19-20,23H,6,11-18H2,1-5H3/t23-/m0/s1. The second kappa shape index (κ2) is 9.01. The molecule has 5 heteroatoms. The molecule has 1 aliphatic carbocycles. The van der Waals surface area contributed by atoms with E-state index >= 15 is 0 Å². The zero-order valence-electron chi connectivity index (χ0n) is 20.6. The molecule has 0 radical (unpaired) electrons. The number of fused-ring (bicyclic) bond motifs is 2. The predicted molar refractivity (Wildman–Crippen MR) is 130 cm³/mol. The third-order valence-corrected chi connectivity index (χ3v) is 7.79. The van der Waals surface area contributed by atoms with E-state index < -0.39 is 0 Å². The average molecular weight is 437 g/mol. The second-order valence-corrected chi connectivity index (χ2v) is 11.1. The van der Waals surface area contributed by atoms with Crippen molar-refractivity contribution in [3.8, 4) is 0 Å². The summed E-state index contributed by atoms with van der Waals surface area (Å²) in [5.74, 6) is 0.0836. The number of aryl methyl sites for hydroxylation is 1. The number of hydrogen-bond acceptors (Lipinski definition) is 3. The first-order valence-electron chi connectivity index (χ1n) is 12.3. The van der Waals surface area contributed by atoms with E-state index in [9.17, 15) is 4.79 Å². The number of carbonyl (C=O) groups is 1. The molecule has 0 bridgehead atoms. The first-order valence-corrected chi connectivity index (χ1v) is 12.3. The van der Waals surface area contributed by atoms with Crippen LogP contribution in [0, 0.1) is 5.41 Å². The zero-order valence-corrected chi connectivity index (χ0v) is 20.6. The van der Waals surface area contributed by atoms with E-state index in [1.54, 1.807) is 12.5 Å². The molecular formula is C27H40N4O. The van der Waals surface area contributed by atoms with Crippen LogP contribution in [0.4, 0.5) is 0 Å². The summed E-state index contributed by atoms with van der Waals surface area (Å²) >= 11 is 0. The van der Waals surface area contributed by atoms with E-state index in [4.69, 9.17) is 0 Å². The number of rotatable bonds is 5. The molecule has 2 heterocycles. The van der Waals surface area contributed by atoms with Crippen LogP contribution in [-0.4, -0.2) is 51.4 Å². The summed E-state index contributed by atoms with van der Waals surface area (Å²) in [5.41, 5.74) is 4.17. The van der Waals surface area contributed by atoms with Crippen molar-refractivity contribution in [1.29, 1.82) is 0 Å². The molecule has 1 aromatic heterocycles. The van der Waals surface area contributed by atoms with Gasteiger partial charge in [0.15, 0.2) is 0 Å². The smallest absolute Gasteiger partial charge is 0.272 e. The Kier molecular flexibility index (Phi) is 6.49. The van der Waals surface area contributed by atoms with Gasteiger partial charge in [0.05, 0.1) is 18.6 Å². The maximum absolute atomic E-state index is 13.4. The minimum atomic E-state index is 0.0836. The molecule has 1 aromatic carbocycles. The first-order chi connectivity index (χ1) is 15.2. The summed E-state index contributed by atoms with van der Waals surface area (Å²) in [7, 11) is 1.89. The fourth-order valence-electron chi connectivity index (χ4n) is 5.73. The van der Waals surface area contributed by atoms with Gasteiger partial charge in [0.2, 0.25) is 0 Å². The van der Waals surface area contributed by atoms with Crippen molar-refractivity contribution in [1.82, 2.24) is 19.4 Å². The summed E-state index contributed by atoms with van der Waals surface area (Å²) in [4.78, 5) is 22.3. The molecule has 2 aromatic rings. The molecule has 1 aliphatic heterocycles. The van der Waals surface area contributed by atoms with Gasteiger partial charge in [0.1, 0.15) is 5.69 Å². The highest BCUT2D eigenvalue weighted by Crippen LogP contribution is 2.49. The van der Waals surface area contributed by atoms with E-state index in [0.29, 0.717) is 17.7 Å². The molecule has 1 spiro atoms. The van der Waals surface area contributed by atoms with Gasteiger partial charge in [-0.15, -0.1) is 0 Å². The molecule has 5 nitrogen and oxygen atoms in total. The van der Waals surface area contributed by atoms with Crippen LogP contribution in [0.3, 0.4) is 0 Å². The molecular weight excluding hydrogens is 396 g/mol. The average Bonchev–Trinajstić information content (AvgIpc) is 3.21. The van der Waals surface area contributed by atoms with Crippen molar-refractivity contribution in [2.24, 2.45) is 12.5 Å². The van der Waals surface area contributed by atoms with Crippen LogP contribution in [0.1, 0.15) is 87.5 Å². The minimum Gasteiger partial charge on any atom is -0.331 e. The minimum absolute atomic E-state index is 0.0836. The van der Waals surface area contributed by atoms with Crippen LogP contribution >= 0.6 is 0 Å². The Labute approximate surface area is 193 Å². The van der Waals surface area contributed by atoms with E-state index in [-0.39, 0.29) is 17.4 Å². The fourth-order valence-corrected chi connectivity index (χ4v) is 5.73. The maximum Gasteiger partial charge on any atom is 0.272 e. The van der Waals surface area contributed by atoms with Crippen LogP contribution in [0.5, 0.6) is 0 Å². The lowest BCUT2D eigenvalue weighted by Crippen LogP contribution is -2.47. The molecule has 32 heavy (non-hydrogen) atoms. The summed E-state index contributed by atoms with van der Waals surface area (Å²) < 4.78 is 1.83. The number of likely N-dealkylation sites (tertiary alicyclic amines) is 1. The first kappa shape index (κ1) is 23.0. The number of carbonyl (C=O) groups excluding carboxylic acids is 1. The van der Waals surface area contributed by atoms with E-state index in [0.717, 1.165) is 12.8 Å². The molecule has 1 saturated heterocycles. The van der Waals surface area contributed by atoms with Gasteiger partial charge < -0.3 is 14.4 Å². The molecule has 1 fully saturated rings. The van der Waals surface area contributed by atoms with Gasteiger partial charge in [-0.05, 0) is 80.6 Å². The summed E-state index contributed by atoms with van der Waals surface area (Å²) in [5, 5.41) is 0. The Morgan fingerprint density at radius 3 is 2.53 bits per heavy atom. The third kappa shape index (κ3) is 4.50. The van der Waals surface area contributed by atoms with Crippen LogP contribution < -0.4 is 0 Å². The number of hydrogen-bond donors (Lipinski definition) is 0. The predicted octanol–water partition coefficient (Wildman–Crippen LogP) is 5.19. The van der Waals surface area contributed by atoms with E-state index in [1.165, 1.54) is 50.0 Å². The molecule has 0 unspecified atom stereocenters. The summed E-state index contributed by atoms with van der Waals surface area (Å²) in [6, 6.07) is 9.09. The zero-order chi connectivity index (χ0) is 22.9. The number of piperidine rings is 1. The molecule has 174 valence electrons. The van der Waals surface area contributed by atoms with Crippen molar-refractivity contribution in [2.45, 2.75) is 71.3 Å². The van der Waals surface area contributed by atoms with Crippen molar-refractivity contribution in [3.63, 3.8) is 0 Å². The van der Waals surface area contributed by atoms with Gasteiger partial charge in [-0.1, -0.05) is 45.0 Å². The lowest BCUT2D eigenvalue weighted by atomic mass is 9.63. The van der Waals surface area contributed by atoms with Crippen LogP contribution in [0.15, 0.2) is 36.8 Å². The lowest BCUT2D eigenvalue weighted by molar-refractivity contribution is 0.0612. The van der Waals surface area contributed by atoms with Crippen molar-refractivity contribution in [3.05, 3.63) is 53.6 Å². The lowest BCUT2D eigenvalue weighted by Gasteiger charge is -2.49. The molecule has 1 atom stereocenters. The molecule has 2 aliphatic rings. The number of amides is 1. The second-order valence-electron chi connectivity index (χ2n) is 11.1. The highest BCUT2D eigenvalue weighted by atomic mass is 16.2. The van der Waals surface area contributed by atoms with Gasteiger partial charge in [-0.2, -0.15) is 0 Å². The quantitative estimate of drug-likeness (QED) is 0.648. The summed E-state index contributed by atoms with van der Waals surface area (Å²) in [6.45, 7) is 13.4.